The van der Waals surface area contributed by atoms with Crippen LogP contribution in [0.1, 0.15) is 11.1 Å². The van der Waals surface area contributed by atoms with E-state index in [-0.39, 0.29) is 5.82 Å². The molecular weight excluding hydrogens is 287 g/mol. The number of pyridine rings is 1. The largest absolute Gasteiger partial charge is 0.362 e. The summed E-state index contributed by atoms with van der Waals surface area (Å²) in [6.07, 6.45) is 2.23. The fourth-order valence-electron chi connectivity index (χ4n) is 1.76. The third-order valence-electron chi connectivity index (χ3n) is 2.75. The normalized spacial score (nSPS) is 9.71. The standard InChI is InChI=1S/C15H13FN4S/c16-13-5-1-3-11(9-13)6-8-19-15(21)20-14-12(10-17)4-2-7-18-14/h1-5,7,9H,6,8H2,(H2,18,19,20,21). The summed E-state index contributed by atoms with van der Waals surface area (Å²) in [7, 11) is 0. The van der Waals surface area contributed by atoms with Gasteiger partial charge in [-0.15, -0.1) is 0 Å². The van der Waals surface area contributed by atoms with Gasteiger partial charge in [-0.25, -0.2) is 9.37 Å². The van der Waals surface area contributed by atoms with E-state index >= 15 is 0 Å². The predicted molar refractivity (Wildman–Crippen MR) is 83.3 cm³/mol. The van der Waals surface area contributed by atoms with Crippen LogP contribution >= 0.6 is 12.2 Å². The molecule has 2 aromatic rings. The molecule has 2 N–H and O–H groups in total. The van der Waals surface area contributed by atoms with Crippen LogP contribution in [0.15, 0.2) is 42.6 Å². The SMILES string of the molecule is N#Cc1cccnc1NC(=S)NCCc1cccc(F)c1. The van der Waals surface area contributed by atoms with Crippen LogP contribution in [0.4, 0.5) is 10.2 Å². The third-order valence-corrected chi connectivity index (χ3v) is 2.99. The summed E-state index contributed by atoms with van der Waals surface area (Å²) in [6.45, 7) is 0.560. The van der Waals surface area contributed by atoms with Crippen LogP contribution in [0, 0.1) is 17.1 Å². The van der Waals surface area contributed by atoms with E-state index in [2.05, 4.69) is 15.6 Å². The van der Waals surface area contributed by atoms with Gasteiger partial charge in [0.2, 0.25) is 0 Å². The molecule has 0 radical (unpaired) electrons. The van der Waals surface area contributed by atoms with Gasteiger partial charge < -0.3 is 10.6 Å². The lowest BCUT2D eigenvalue weighted by Crippen LogP contribution is -2.30. The zero-order valence-corrected chi connectivity index (χ0v) is 12.0. The van der Waals surface area contributed by atoms with Gasteiger partial charge in [0, 0.05) is 12.7 Å². The quantitative estimate of drug-likeness (QED) is 0.850. The number of benzene rings is 1. The van der Waals surface area contributed by atoms with Gasteiger partial charge in [-0.2, -0.15) is 5.26 Å². The van der Waals surface area contributed by atoms with Crippen molar-refractivity contribution in [3.05, 3.63) is 59.5 Å². The molecule has 1 aromatic carbocycles. The first-order valence-corrected chi connectivity index (χ1v) is 6.74. The molecule has 6 heteroatoms. The van der Waals surface area contributed by atoms with Crippen LogP contribution in [0.25, 0.3) is 0 Å². The Balaban J connectivity index is 1.84. The lowest BCUT2D eigenvalue weighted by atomic mass is 10.1. The van der Waals surface area contributed by atoms with E-state index in [0.29, 0.717) is 29.5 Å². The van der Waals surface area contributed by atoms with Crippen molar-refractivity contribution < 1.29 is 4.39 Å². The first kappa shape index (κ1) is 14.9. The van der Waals surface area contributed by atoms with Gasteiger partial charge >= 0.3 is 0 Å². The minimum absolute atomic E-state index is 0.250. The highest BCUT2D eigenvalue weighted by Gasteiger charge is 2.04. The Morgan fingerprint density at radius 1 is 1.33 bits per heavy atom. The molecule has 0 amide bonds. The molecule has 106 valence electrons. The van der Waals surface area contributed by atoms with Crippen LogP contribution < -0.4 is 10.6 Å². The first-order chi connectivity index (χ1) is 10.2. The number of rotatable bonds is 4. The van der Waals surface area contributed by atoms with Crippen molar-refractivity contribution in [1.29, 1.82) is 5.26 Å². The molecule has 0 aliphatic carbocycles. The van der Waals surface area contributed by atoms with E-state index in [1.54, 1.807) is 24.4 Å². The number of hydrogen-bond donors (Lipinski definition) is 2. The average Bonchev–Trinajstić information content (AvgIpc) is 2.48. The number of anilines is 1. The van der Waals surface area contributed by atoms with Crippen LogP contribution in [-0.4, -0.2) is 16.6 Å². The number of nitrogens with zero attached hydrogens (tertiary/aromatic N) is 2. The van der Waals surface area contributed by atoms with Gasteiger partial charge in [0.25, 0.3) is 0 Å². The Morgan fingerprint density at radius 2 is 2.19 bits per heavy atom. The Hall–Kier alpha value is -2.52. The molecule has 0 saturated heterocycles. The molecule has 0 aliphatic rings. The number of nitrogens with one attached hydrogen (secondary N) is 2. The fraction of sp³-hybridized carbons (Fsp3) is 0.133. The molecule has 4 nitrogen and oxygen atoms in total. The number of hydrogen-bond acceptors (Lipinski definition) is 3. The monoisotopic (exact) mass is 300 g/mol. The van der Waals surface area contributed by atoms with Crippen molar-refractivity contribution in [3.63, 3.8) is 0 Å². The fourth-order valence-corrected chi connectivity index (χ4v) is 1.96. The number of halogens is 1. The number of thiocarbonyl (C=S) groups is 1. The van der Waals surface area contributed by atoms with E-state index in [9.17, 15) is 4.39 Å². The minimum Gasteiger partial charge on any atom is -0.362 e. The van der Waals surface area contributed by atoms with Gasteiger partial charge in [0.15, 0.2) is 5.11 Å². The Morgan fingerprint density at radius 3 is 2.95 bits per heavy atom. The summed E-state index contributed by atoms with van der Waals surface area (Å²) in [5.41, 5.74) is 1.31. The molecule has 0 spiro atoms. The van der Waals surface area contributed by atoms with Crippen molar-refractivity contribution >= 4 is 23.1 Å². The molecule has 0 saturated carbocycles. The summed E-state index contributed by atoms with van der Waals surface area (Å²) < 4.78 is 13.0. The molecular formula is C15H13FN4S. The highest BCUT2D eigenvalue weighted by atomic mass is 32.1. The van der Waals surface area contributed by atoms with Crippen molar-refractivity contribution in [1.82, 2.24) is 10.3 Å². The van der Waals surface area contributed by atoms with Gasteiger partial charge in [-0.3, -0.25) is 0 Å². The summed E-state index contributed by atoms with van der Waals surface area (Å²) in [5, 5.41) is 15.2. The maximum atomic E-state index is 13.0. The minimum atomic E-state index is -0.250. The Kier molecular flexibility index (Phi) is 5.18. The zero-order chi connectivity index (χ0) is 15.1. The smallest absolute Gasteiger partial charge is 0.171 e. The average molecular weight is 300 g/mol. The number of nitriles is 1. The lowest BCUT2D eigenvalue weighted by molar-refractivity contribution is 0.625. The number of aromatic nitrogens is 1. The second-order valence-corrected chi connectivity index (χ2v) is 4.68. The first-order valence-electron chi connectivity index (χ1n) is 6.33. The van der Waals surface area contributed by atoms with E-state index in [1.165, 1.54) is 12.1 Å². The van der Waals surface area contributed by atoms with Crippen molar-refractivity contribution in [2.45, 2.75) is 6.42 Å². The van der Waals surface area contributed by atoms with Crippen molar-refractivity contribution in [3.8, 4) is 6.07 Å². The Labute approximate surface area is 127 Å². The second-order valence-electron chi connectivity index (χ2n) is 4.27. The maximum absolute atomic E-state index is 13.0. The summed E-state index contributed by atoms with van der Waals surface area (Å²) in [5.74, 6) is 0.170. The molecule has 0 aliphatic heterocycles. The third kappa shape index (κ3) is 4.51. The van der Waals surface area contributed by atoms with E-state index < -0.39 is 0 Å². The predicted octanol–water partition coefficient (Wildman–Crippen LogP) is 2.62. The van der Waals surface area contributed by atoms with Crippen molar-refractivity contribution in [2.24, 2.45) is 0 Å². The molecule has 0 fully saturated rings. The zero-order valence-electron chi connectivity index (χ0n) is 11.1. The van der Waals surface area contributed by atoms with Crippen molar-refractivity contribution in [2.75, 3.05) is 11.9 Å². The maximum Gasteiger partial charge on any atom is 0.171 e. The van der Waals surface area contributed by atoms with Crippen LogP contribution in [0.3, 0.4) is 0 Å². The van der Waals surface area contributed by atoms with Gasteiger partial charge in [-0.1, -0.05) is 12.1 Å². The topological polar surface area (TPSA) is 60.7 Å². The van der Waals surface area contributed by atoms with Gasteiger partial charge in [0.1, 0.15) is 17.7 Å². The summed E-state index contributed by atoms with van der Waals surface area (Å²) >= 11 is 5.14. The van der Waals surface area contributed by atoms with Crippen LogP contribution in [0.5, 0.6) is 0 Å². The van der Waals surface area contributed by atoms with E-state index in [1.807, 2.05) is 12.1 Å². The second kappa shape index (κ2) is 7.31. The highest BCUT2D eigenvalue weighted by Crippen LogP contribution is 2.09. The molecule has 1 aromatic heterocycles. The van der Waals surface area contributed by atoms with Crippen LogP contribution in [-0.2, 0) is 6.42 Å². The Bertz CT molecular complexity index is 681. The lowest BCUT2D eigenvalue weighted by Gasteiger charge is -2.10. The highest BCUT2D eigenvalue weighted by molar-refractivity contribution is 7.80. The van der Waals surface area contributed by atoms with Gasteiger partial charge in [-0.05, 0) is 48.5 Å². The molecule has 0 unspecified atom stereocenters. The molecule has 21 heavy (non-hydrogen) atoms. The molecule has 2 rings (SSSR count). The van der Waals surface area contributed by atoms with E-state index in [0.717, 1.165) is 5.56 Å². The summed E-state index contributed by atoms with van der Waals surface area (Å²) in [4.78, 5) is 4.06. The molecule has 1 heterocycles. The summed E-state index contributed by atoms with van der Waals surface area (Å²) in [6, 6.07) is 11.8. The van der Waals surface area contributed by atoms with E-state index in [4.69, 9.17) is 17.5 Å². The van der Waals surface area contributed by atoms with Gasteiger partial charge in [0.05, 0.1) is 5.56 Å². The van der Waals surface area contributed by atoms with Crippen LogP contribution in [0.2, 0.25) is 0 Å². The molecule has 0 bridgehead atoms. The molecule has 0 atom stereocenters.